The Morgan fingerprint density at radius 1 is 1.10 bits per heavy atom. The molecule has 3 aromatic rings. The van der Waals surface area contributed by atoms with Crippen molar-refractivity contribution in [3.8, 4) is 17.4 Å². The minimum atomic E-state index is -0.817. The Bertz CT molecular complexity index is 991. The van der Waals surface area contributed by atoms with Crippen LogP contribution >= 0.6 is 0 Å². The molecule has 30 heavy (non-hydrogen) atoms. The summed E-state index contributed by atoms with van der Waals surface area (Å²) in [6, 6.07) is 6.12. The van der Waals surface area contributed by atoms with E-state index in [2.05, 4.69) is 25.3 Å². The van der Waals surface area contributed by atoms with Crippen LogP contribution in [0.4, 0.5) is 11.4 Å². The molecular weight excluding hydrogens is 382 g/mol. The maximum atomic E-state index is 11.3. The number of aromatic nitrogens is 4. The van der Waals surface area contributed by atoms with Crippen molar-refractivity contribution < 1.29 is 14.6 Å². The third kappa shape index (κ3) is 5.28. The molecule has 1 atom stereocenters. The highest BCUT2D eigenvalue weighted by atomic mass is 16.5. The Balaban J connectivity index is 1.99. The second-order valence-electron chi connectivity index (χ2n) is 6.90. The lowest BCUT2D eigenvalue weighted by Crippen LogP contribution is -2.07. The van der Waals surface area contributed by atoms with Crippen molar-refractivity contribution in [1.29, 1.82) is 0 Å². The lowest BCUT2D eigenvalue weighted by atomic mass is 9.91. The number of nitrogens with one attached hydrogen (secondary N) is 1. The van der Waals surface area contributed by atoms with E-state index in [-0.39, 0.29) is 12.3 Å². The van der Waals surface area contributed by atoms with Crippen molar-refractivity contribution in [2.24, 2.45) is 0 Å². The first kappa shape index (κ1) is 21.2. The summed E-state index contributed by atoms with van der Waals surface area (Å²) >= 11 is 0. The maximum Gasteiger partial charge on any atom is 0.316 e. The predicted octanol–water partition coefficient (Wildman–Crippen LogP) is 4.35. The number of benzene rings is 1. The molecule has 0 amide bonds. The molecule has 0 radical (unpaired) electrons. The van der Waals surface area contributed by atoms with Gasteiger partial charge in [0.15, 0.2) is 5.82 Å². The number of anilines is 2. The molecule has 0 aliphatic heterocycles. The zero-order valence-corrected chi connectivity index (χ0v) is 17.3. The standard InChI is InChI=1S/C22H25N5O3/c1-4-15(9-20(28)29)16-6-7-18(21-23-10-14(3)11-24-21)19(8-16)27-17-12-25-22(26-13-17)30-5-2/h6-8,10-13,15,27H,4-5,9H2,1-3H3,(H,28,29). The number of aliphatic carboxylic acids is 1. The minimum absolute atomic E-state index is 0.0719. The van der Waals surface area contributed by atoms with Crippen molar-refractivity contribution in [3.05, 3.63) is 54.1 Å². The Morgan fingerprint density at radius 2 is 1.80 bits per heavy atom. The first-order valence-electron chi connectivity index (χ1n) is 9.86. The number of hydrogen-bond acceptors (Lipinski definition) is 7. The second-order valence-corrected chi connectivity index (χ2v) is 6.90. The van der Waals surface area contributed by atoms with Gasteiger partial charge in [0.1, 0.15) is 0 Å². The first-order valence-corrected chi connectivity index (χ1v) is 9.86. The highest BCUT2D eigenvalue weighted by Crippen LogP contribution is 2.33. The molecule has 2 aromatic heterocycles. The topological polar surface area (TPSA) is 110 Å². The van der Waals surface area contributed by atoms with Crippen LogP contribution in [0, 0.1) is 6.92 Å². The van der Waals surface area contributed by atoms with Gasteiger partial charge >= 0.3 is 12.0 Å². The molecule has 0 fully saturated rings. The van der Waals surface area contributed by atoms with E-state index in [1.54, 1.807) is 24.8 Å². The quantitative estimate of drug-likeness (QED) is 0.538. The molecule has 0 bridgehead atoms. The normalized spacial score (nSPS) is 11.7. The fourth-order valence-electron chi connectivity index (χ4n) is 3.09. The zero-order valence-electron chi connectivity index (χ0n) is 17.3. The van der Waals surface area contributed by atoms with Crippen molar-refractivity contribution >= 4 is 17.3 Å². The summed E-state index contributed by atoms with van der Waals surface area (Å²) in [6.45, 7) is 6.28. The van der Waals surface area contributed by atoms with Gasteiger partial charge in [0.2, 0.25) is 0 Å². The highest BCUT2D eigenvalue weighted by Gasteiger charge is 2.17. The molecule has 0 saturated heterocycles. The van der Waals surface area contributed by atoms with E-state index < -0.39 is 5.97 Å². The average Bonchev–Trinajstić information content (AvgIpc) is 2.74. The van der Waals surface area contributed by atoms with E-state index in [0.717, 1.165) is 28.8 Å². The first-order chi connectivity index (χ1) is 14.5. The molecule has 8 heteroatoms. The second kappa shape index (κ2) is 9.78. The molecule has 2 N–H and O–H groups in total. The molecule has 1 aromatic carbocycles. The van der Waals surface area contributed by atoms with E-state index in [1.807, 2.05) is 39.0 Å². The van der Waals surface area contributed by atoms with Gasteiger partial charge in [-0.1, -0.05) is 13.0 Å². The molecule has 0 aliphatic rings. The third-order valence-electron chi connectivity index (χ3n) is 4.63. The number of aryl methyl sites for hydroxylation is 1. The monoisotopic (exact) mass is 407 g/mol. The fraction of sp³-hybridized carbons (Fsp3) is 0.318. The van der Waals surface area contributed by atoms with Crippen LogP contribution in [0.3, 0.4) is 0 Å². The number of carboxylic acids is 1. The summed E-state index contributed by atoms with van der Waals surface area (Å²) in [6.07, 6.45) is 7.59. The van der Waals surface area contributed by atoms with Crippen molar-refractivity contribution in [1.82, 2.24) is 19.9 Å². The van der Waals surface area contributed by atoms with E-state index in [1.165, 1.54) is 0 Å². The number of nitrogens with zero attached hydrogens (tertiary/aromatic N) is 4. The Labute approximate surface area is 175 Å². The lowest BCUT2D eigenvalue weighted by molar-refractivity contribution is -0.137. The number of carboxylic acid groups (broad SMARTS) is 1. The van der Waals surface area contributed by atoms with Crippen LogP contribution in [0.1, 0.15) is 43.7 Å². The van der Waals surface area contributed by atoms with Crippen molar-refractivity contribution in [2.75, 3.05) is 11.9 Å². The zero-order chi connectivity index (χ0) is 21.5. The van der Waals surface area contributed by atoms with Crippen molar-refractivity contribution in [3.63, 3.8) is 0 Å². The van der Waals surface area contributed by atoms with Crippen LogP contribution in [-0.2, 0) is 4.79 Å². The summed E-state index contributed by atoms with van der Waals surface area (Å²) in [5.74, 6) is -0.331. The summed E-state index contributed by atoms with van der Waals surface area (Å²) < 4.78 is 5.29. The Morgan fingerprint density at radius 3 is 2.40 bits per heavy atom. The number of ether oxygens (including phenoxy) is 1. The summed E-state index contributed by atoms with van der Waals surface area (Å²) in [5.41, 5.74) is 4.14. The van der Waals surface area contributed by atoms with Gasteiger partial charge < -0.3 is 15.2 Å². The van der Waals surface area contributed by atoms with Crippen LogP contribution in [0.5, 0.6) is 6.01 Å². The summed E-state index contributed by atoms with van der Waals surface area (Å²) in [4.78, 5) is 28.5. The Hall–Kier alpha value is -3.55. The largest absolute Gasteiger partial charge is 0.481 e. The minimum Gasteiger partial charge on any atom is -0.481 e. The maximum absolute atomic E-state index is 11.3. The molecule has 0 spiro atoms. The van der Waals surface area contributed by atoms with E-state index in [9.17, 15) is 9.90 Å². The average molecular weight is 407 g/mol. The molecule has 8 nitrogen and oxygen atoms in total. The van der Waals surface area contributed by atoms with Crippen LogP contribution in [-0.4, -0.2) is 37.6 Å². The highest BCUT2D eigenvalue weighted by molar-refractivity contribution is 5.78. The molecule has 1 unspecified atom stereocenters. The molecule has 156 valence electrons. The van der Waals surface area contributed by atoms with Crippen LogP contribution in [0.25, 0.3) is 11.4 Å². The van der Waals surface area contributed by atoms with E-state index in [4.69, 9.17) is 4.74 Å². The SMILES string of the molecule is CCOc1ncc(Nc2cc(C(CC)CC(=O)O)ccc2-c2ncc(C)cn2)cn1. The van der Waals surface area contributed by atoms with Gasteiger partial charge in [0.25, 0.3) is 0 Å². The number of carbonyl (C=O) groups is 1. The smallest absolute Gasteiger partial charge is 0.316 e. The summed E-state index contributed by atoms with van der Waals surface area (Å²) in [7, 11) is 0. The lowest BCUT2D eigenvalue weighted by Gasteiger charge is -2.17. The van der Waals surface area contributed by atoms with Gasteiger partial charge in [0, 0.05) is 23.6 Å². The van der Waals surface area contributed by atoms with Crippen molar-refractivity contribution in [2.45, 2.75) is 39.5 Å². The van der Waals surface area contributed by atoms with E-state index >= 15 is 0 Å². The Kier molecular flexibility index (Phi) is 6.90. The molecule has 3 rings (SSSR count). The fourth-order valence-corrected chi connectivity index (χ4v) is 3.09. The van der Waals surface area contributed by atoms with Gasteiger partial charge in [-0.3, -0.25) is 4.79 Å². The molecule has 0 saturated carbocycles. The van der Waals surface area contributed by atoms with Gasteiger partial charge in [-0.25, -0.2) is 19.9 Å². The van der Waals surface area contributed by atoms with Gasteiger partial charge in [0.05, 0.1) is 31.1 Å². The third-order valence-corrected chi connectivity index (χ3v) is 4.63. The summed E-state index contributed by atoms with van der Waals surface area (Å²) in [5, 5.41) is 12.6. The molecular formula is C22H25N5O3. The van der Waals surface area contributed by atoms with Crippen LogP contribution in [0.2, 0.25) is 0 Å². The van der Waals surface area contributed by atoms with Gasteiger partial charge in [-0.15, -0.1) is 0 Å². The van der Waals surface area contributed by atoms with Crippen LogP contribution < -0.4 is 10.1 Å². The van der Waals surface area contributed by atoms with Gasteiger partial charge in [-0.2, -0.15) is 0 Å². The molecule has 0 aliphatic carbocycles. The number of rotatable bonds is 9. The van der Waals surface area contributed by atoms with E-state index in [0.29, 0.717) is 24.1 Å². The van der Waals surface area contributed by atoms with Crippen LogP contribution in [0.15, 0.2) is 43.0 Å². The predicted molar refractivity (Wildman–Crippen MR) is 114 cm³/mol. The van der Waals surface area contributed by atoms with Gasteiger partial charge in [-0.05, 0) is 49.4 Å². The molecule has 2 heterocycles. The number of hydrogen-bond donors (Lipinski definition) is 2.